The second-order valence-electron chi connectivity index (χ2n) is 4.01. The minimum absolute atomic E-state index is 0.117. The van der Waals surface area contributed by atoms with Gasteiger partial charge in [-0.25, -0.2) is 4.39 Å². The van der Waals surface area contributed by atoms with Gasteiger partial charge in [0.15, 0.2) is 0 Å². The molecule has 0 radical (unpaired) electrons. The van der Waals surface area contributed by atoms with E-state index in [1.807, 2.05) is 0 Å². The van der Waals surface area contributed by atoms with Gasteiger partial charge < -0.3 is 0 Å². The Morgan fingerprint density at radius 2 is 2.27 bits per heavy atom. The monoisotopic (exact) mass is 226 g/mol. The molecule has 0 bridgehead atoms. The van der Waals surface area contributed by atoms with Gasteiger partial charge in [-0.1, -0.05) is 17.7 Å². The van der Waals surface area contributed by atoms with Crippen molar-refractivity contribution in [2.45, 2.75) is 25.7 Å². The van der Waals surface area contributed by atoms with E-state index in [-0.39, 0.29) is 10.9 Å². The average molecular weight is 227 g/mol. The molecular weight excluding hydrogens is 215 g/mol. The first-order chi connectivity index (χ1) is 7.16. The van der Waals surface area contributed by atoms with Gasteiger partial charge in [0.05, 0.1) is 5.02 Å². The Morgan fingerprint density at radius 3 is 2.87 bits per heavy atom. The molecule has 1 aliphatic carbocycles. The first kappa shape index (κ1) is 10.6. The van der Waals surface area contributed by atoms with Crippen molar-refractivity contribution in [3.63, 3.8) is 0 Å². The van der Waals surface area contributed by atoms with E-state index in [9.17, 15) is 9.18 Å². The molecule has 0 spiro atoms. The highest BCUT2D eigenvalue weighted by Gasteiger charge is 2.24. The van der Waals surface area contributed by atoms with E-state index < -0.39 is 5.82 Å². The van der Waals surface area contributed by atoms with Crippen LogP contribution in [0.25, 0.3) is 0 Å². The van der Waals surface area contributed by atoms with E-state index in [4.69, 9.17) is 11.6 Å². The molecule has 0 aliphatic heterocycles. The van der Waals surface area contributed by atoms with Crippen LogP contribution in [0.5, 0.6) is 0 Å². The minimum atomic E-state index is -0.404. The van der Waals surface area contributed by atoms with Crippen molar-refractivity contribution >= 4 is 17.4 Å². The molecule has 1 aromatic rings. The van der Waals surface area contributed by atoms with Crippen LogP contribution in [0.1, 0.15) is 24.8 Å². The maximum Gasteiger partial charge on any atom is 0.141 e. The molecule has 2 rings (SSSR count). The number of carbonyl (C=O) groups excluding carboxylic acids is 1. The maximum absolute atomic E-state index is 12.9. The van der Waals surface area contributed by atoms with Crippen LogP contribution in [-0.2, 0) is 11.2 Å². The Labute approximate surface area is 93.2 Å². The van der Waals surface area contributed by atoms with Crippen LogP contribution in [0, 0.1) is 11.7 Å². The lowest BCUT2D eigenvalue weighted by Crippen LogP contribution is -2.09. The lowest BCUT2D eigenvalue weighted by atomic mass is 9.97. The lowest BCUT2D eigenvalue weighted by molar-refractivity contribution is -0.120. The Morgan fingerprint density at radius 1 is 1.47 bits per heavy atom. The maximum atomic E-state index is 12.9. The number of hydrogen-bond donors (Lipinski definition) is 0. The van der Waals surface area contributed by atoms with Crippen molar-refractivity contribution in [2.24, 2.45) is 5.92 Å². The van der Waals surface area contributed by atoms with Crippen molar-refractivity contribution < 1.29 is 9.18 Å². The first-order valence-corrected chi connectivity index (χ1v) is 5.51. The summed E-state index contributed by atoms with van der Waals surface area (Å²) < 4.78 is 12.9. The van der Waals surface area contributed by atoms with Gasteiger partial charge in [-0.2, -0.15) is 0 Å². The van der Waals surface area contributed by atoms with Crippen LogP contribution in [0.4, 0.5) is 4.39 Å². The van der Waals surface area contributed by atoms with Gasteiger partial charge in [-0.15, -0.1) is 0 Å². The summed E-state index contributed by atoms with van der Waals surface area (Å²) >= 11 is 5.68. The van der Waals surface area contributed by atoms with E-state index in [2.05, 4.69) is 0 Å². The fraction of sp³-hybridized carbons (Fsp3) is 0.417. The molecule has 1 fully saturated rings. The van der Waals surface area contributed by atoms with Crippen molar-refractivity contribution in [1.82, 2.24) is 0 Å². The Kier molecular flexibility index (Phi) is 3.06. The molecule has 1 saturated carbocycles. The molecular formula is C12H12ClFO. The minimum Gasteiger partial charge on any atom is -0.299 e. The third kappa shape index (κ3) is 2.37. The molecule has 0 saturated heterocycles. The topological polar surface area (TPSA) is 17.1 Å². The van der Waals surface area contributed by atoms with Crippen LogP contribution in [0.3, 0.4) is 0 Å². The van der Waals surface area contributed by atoms with Crippen molar-refractivity contribution in [2.75, 3.05) is 0 Å². The summed E-state index contributed by atoms with van der Waals surface area (Å²) in [5.74, 6) is 0.0418. The van der Waals surface area contributed by atoms with Gasteiger partial charge in [0, 0.05) is 12.3 Å². The van der Waals surface area contributed by atoms with Crippen LogP contribution < -0.4 is 0 Å². The van der Waals surface area contributed by atoms with Gasteiger partial charge in [0.25, 0.3) is 0 Å². The normalized spacial score (nSPS) is 20.9. The number of carbonyl (C=O) groups is 1. The third-order valence-electron chi connectivity index (χ3n) is 2.90. The summed E-state index contributed by atoms with van der Waals surface area (Å²) in [5.41, 5.74) is 0.946. The second-order valence-corrected chi connectivity index (χ2v) is 4.42. The van der Waals surface area contributed by atoms with Crippen molar-refractivity contribution in [3.05, 3.63) is 34.6 Å². The summed E-state index contributed by atoms with van der Waals surface area (Å²) in [4.78, 5) is 11.4. The van der Waals surface area contributed by atoms with Gasteiger partial charge in [0.2, 0.25) is 0 Å². The van der Waals surface area contributed by atoms with Gasteiger partial charge in [-0.05, 0) is 37.0 Å². The van der Waals surface area contributed by atoms with Crippen LogP contribution in [0.15, 0.2) is 18.2 Å². The number of rotatable bonds is 2. The molecule has 0 amide bonds. The van der Waals surface area contributed by atoms with Crippen LogP contribution in [0.2, 0.25) is 5.02 Å². The quantitative estimate of drug-likeness (QED) is 0.756. The van der Waals surface area contributed by atoms with E-state index in [1.165, 1.54) is 6.07 Å². The number of ketones is 1. The lowest BCUT2D eigenvalue weighted by Gasteiger charge is -2.08. The van der Waals surface area contributed by atoms with E-state index >= 15 is 0 Å². The van der Waals surface area contributed by atoms with Gasteiger partial charge in [0.1, 0.15) is 11.6 Å². The molecule has 1 unspecified atom stereocenters. The zero-order valence-corrected chi connectivity index (χ0v) is 9.06. The molecule has 15 heavy (non-hydrogen) atoms. The molecule has 3 heteroatoms. The summed E-state index contributed by atoms with van der Waals surface area (Å²) in [6.45, 7) is 0. The highest BCUT2D eigenvalue weighted by Crippen LogP contribution is 2.26. The van der Waals surface area contributed by atoms with E-state index in [0.29, 0.717) is 18.6 Å². The fourth-order valence-corrected chi connectivity index (χ4v) is 2.26. The largest absolute Gasteiger partial charge is 0.299 e. The molecule has 80 valence electrons. The SMILES string of the molecule is O=C1CCCC1Cc1ccc(F)c(Cl)c1. The van der Waals surface area contributed by atoms with Crippen LogP contribution in [-0.4, -0.2) is 5.78 Å². The molecule has 0 aromatic heterocycles. The van der Waals surface area contributed by atoms with E-state index in [0.717, 1.165) is 18.4 Å². The predicted molar refractivity (Wildman–Crippen MR) is 57.5 cm³/mol. The Bertz CT molecular complexity index is 389. The molecule has 1 aliphatic rings. The summed E-state index contributed by atoms with van der Waals surface area (Å²) in [5, 5.41) is 0.137. The molecule has 0 N–H and O–H groups in total. The first-order valence-electron chi connectivity index (χ1n) is 5.13. The molecule has 1 aromatic carbocycles. The van der Waals surface area contributed by atoms with E-state index in [1.54, 1.807) is 12.1 Å². The van der Waals surface area contributed by atoms with Gasteiger partial charge in [-0.3, -0.25) is 4.79 Å². The molecule has 1 nitrogen and oxygen atoms in total. The summed E-state index contributed by atoms with van der Waals surface area (Å²) in [6.07, 6.45) is 3.32. The Hall–Kier alpha value is -0.890. The molecule has 0 heterocycles. The smallest absolute Gasteiger partial charge is 0.141 e. The van der Waals surface area contributed by atoms with Crippen molar-refractivity contribution in [3.8, 4) is 0 Å². The zero-order valence-electron chi connectivity index (χ0n) is 8.30. The fourth-order valence-electron chi connectivity index (χ4n) is 2.05. The Balaban J connectivity index is 2.10. The predicted octanol–water partition coefficient (Wildman–Crippen LogP) is 3.39. The second kappa shape index (κ2) is 4.31. The number of Topliss-reactive ketones (excluding diaryl/α,β-unsaturated/α-hetero) is 1. The number of hydrogen-bond acceptors (Lipinski definition) is 1. The van der Waals surface area contributed by atoms with Crippen molar-refractivity contribution in [1.29, 1.82) is 0 Å². The summed E-state index contributed by atoms with van der Waals surface area (Å²) in [6, 6.07) is 4.67. The highest BCUT2D eigenvalue weighted by atomic mass is 35.5. The average Bonchev–Trinajstić information content (AvgIpc) is 2.59. The standard InChI is InChI=1S/C12H12ClFO/c13-10-7-8(4-5-11(10)14)6-9-2-1-3-12(9)15/h4-5,7,9H,1-3,6H2. The number of halogens is 2. The third-order valence-corrected chi connectivity index (χ3v) is 3.19. The number of benzene rings is 1. The zero-order chi connectivity index (χ0) is 10.8. The van der Waals surface area contributed by atoms with Crippen LogP contribution >= 0.6 is 11.6 Å². The highest BCUT2D eigenvalue weighted by molar-refractivity contribution is 6.30. The van der Waals surface area contributed by atoms with Gasteiger partial charge >= 0.3 is 0 Å². The molecule has 1 atom stereocenters. The summed E-state index contributed by atoms with van der Waals surface area (Å²) in [7, 11) is 0.